The Hall–Kier alpha value is -4.31. The maximum atomic E-state index is 12.0. The van der Waals surface area contributed by atoms with Gasteiger partial charge in [0, 0.05) is 42.4 Å². The third-order valence-electron chi connectivity index (χ3n) is 5.91. The maximum Gasteiger partial charge on any atom is 0.243 e. The molecule has 0 saturated carbocycles. The van der Waals surface area contributed by atoms with Crippen LogP contribution in [0.5, 0.6) is 11.5 Å². The molecule has 0 spiro atoms. The molecule has 1 amide bonds. The summed E-state index contributed by atoms with van der Waals surface area (Å²) in [6.07, 6.45) is 8.04. The average Bonchev–Trinajstić information content (AvgIpc) is 3.59. The molecule has 0 radical (unpaired) electrons. The van der Waals surface area contributed by atoms with Crippen LogP contribution in [0.3, 0.4) is 0 Å². The van der Waals surface area contributed by atoms with Crippen molar-refractivity contribution in [3.8, 4) is 22.9 Å². The van der Waals surface area contributed by atoms with Gasteiger partial charge in [-0.2, -0.15) is 0 Å². The molecule has 4 aromatic rings. The molecule has 4 N–H and O–H groups in total. The lowest BCUT2D eigenvalue weighted by molar-refractivity contribution is -0.118. The zero-order chi connectivity index (χ0) is 25.8. The summed E-state index contributed by atoms with van der Waals surface area (Å²) in [4.78, 5) is 22.1. The maximum absolute atomic E-state index is 12.0. The van der Waals surface area contributed by atoms with Gasteiger partial charge < -0.3 is 35.0 Å². The van der Waals surface area contributed by atoms with Gasteiger partial charge in [-0.1, -0.05) is 0 Å². The molecular formula is C26H31N7O3. The van der Waals surface area contributed by atoms with Crippen LogP contribution in [0.2, 0.25) is 0 Å². The number of imidazole rings is 2. The number of carbonyl (C=O) groups excluding carboxylic acids is 1. The van der Waals surface area contributed by atoms with Crippen LogP contribution >= 0.6 is 0 Å². The predicted molar refractivity (Wildman–Crippen MR) is 139 cm³/mol. The second-order valence-corrected chi connectivity index (χ2v) is 8.52. The predicted octanol–water partition coefficient (Wildman–Crippen LogP) is 3.02. The third-order valence-corrected chi connectivity index (χ3v) is 5.91. The zero-order valence-electron chi connectivity index (χ0n) is 20.9. The molecule has 36 heavy (non-hydrogen) atoms. The molecule has 1 fully saturated rings. The molecule has 2 aromatic heterocycles. The lowest BCUT2D eigenvalue weighted by Crippen LogP contribution is -2.33. The molecule has 1 aliphatic heterocycles. The van der Waals surface area contributed by atoms with E-state index in [0.717, 1.165) is 34.2 Å². The Morgan fingerprint density at radius 1 is 0.889 bits per heavy atom. The summed E-state index contributed by atoms with van der Waals surface area (Å²) in [5.74, 6) is 1.40. The first-order valence-corrected chi connectivity index (χ1v) is 11.5. The van der Waals surface area contributed by atoms with Crippen LogP contribution in [-0.2, 0) is 4.79 Å². The van der Waals surface area contributed by atoms with Gasteiger partial charge in [0.1, 0.15) is 11.5 Å². The van der Waals surface area contributed by atoms with Crippen LogP contribution in [0, 0.1) is 13.8 Å². The van der Waals surface area contributed by atoms with Crippen molar-refractivity contribution in [3.63, 3.8) is 0 Å². The van der Waals surface area contributed by atoms with Crippen molar-refractivity contribution < 1.29 is 14.3 Å². The molecule has 1 unspecified atom stereocenters. The van der Waals surface area contributed by atoms with Gasteiger partial charge in [0.2, 0.25) is 5.91 Å². The van der Waals surface area contributed by atoms with E-state index in [1.165, 1.54) is 0 Å². The number of nitrogens with zero attached hydrogens (tertiary/aromatic N) is 5. The second kappa shape index (κ2) is 10.5. The highest BCUT2D eigenvalue weighted by Crippen LogP contribution is 2.30. The third kappa shape index (κ3) is 5.18. The largest absolute Gasteiger partial charge is 0.494 e. The summed E-state index contributed by atoms with van der Waals surface area (Å²) in [7, 11) is 3.24. The molecule has 1 aliphatic rings. The van der Waals surface area contributed by atoms with E-state index < -0.39 is 6.04 Å². The Balaban J connectivity index is 0.000000179. The van der Waals surface area contributed by atoms with Crippen LogP contribution in [-0.4, -0.2) is 51.8 Å². The van der Waals surface area contributed by atoms with Gasteiger partial charge in [0.25, 0.3) is 0 Å². The second-order valence-electron chi connectivity index (χ2n) is 8.52. The van der Waals surface area contributed by atoms with Crippen LogP contribution in [0.1, 0.15) is 17.8 Å². The summed E-state index contributed by atoms with van der Waals surface area (Å²) in [5.41, 5.74) is 16.7. The number of benzene rings is 2. The number of amides is 1. The topological polar surface area (TPSA) is 126 Å². The highest BCUT2D eigenvalue weighted by molar-refractivity contribution is 5.99. The Morgan fingerprint density at radius 3 is 1.92 bits per heavy atom. The lowest BCUT2D eigenvalue weighted by Gasteiger charge is -2.18. The van der Waals surface area contributed by atoms with E-state index >= 15 is 0 Å². The number of nitrogens with two attached hydrogens (primary N) is 2. The average molecular weight is 490 g/mol. The smallest absolute Gasteiger partial charge is 0.243 e. The fourth-order valence-corrected chi connectivity index (χ4v) is 4.02. The summed E-state index contributed by atoms with van der Waals surface area (Å²) >= 11 is 0. The molecule has 3 heterocycles. The quantitative estimate of drug-likeness (QED) is 0.413. The van der Waals surface area contributed by atoms with Crippen molar-refractivity contribution in [2.24, 2.45) is 5.73 Å². The number of methoxy groups -OCH3 is 2. The Labute approximate surface area is 210 Å². The number of anilines is 2. The fraction of sp³-hybridized carbons (Fsp3) is 0.269. The van der Waals surface area contributed by atoms with E-state index in [4.69, 9.17) is 20.9 Å². The van der Waals surface area contributed by atoms with E-state index in [2.05, 4.69) is 9.97 Å². The highest BCUT2D eigenvalue weighted by Gasteiger charge is 2.30. The van der Waals surface area contributed by atoms with Crippen LogP contribution in [0.4, 0.5) is 11.4 Å². The van der Waals surface area contributed by atoms with E-state index in [1.54, 1.807) is 37.8 Å². The van der Waals surface area contributed by atoms with Gasteiger partial charge in [0.15, 0.2) is 0 Å². The molecule has 2 aromatic carbocycles. The van der Waals surface area contributed by atoms with Gasteiger partial charge in [-0.05, 0) is 44.5 Å². The number of ether oxygens (including phenoxy) is 2. The minimum atomic E-state index is -0.396. The number of rotatable bonds is 5. The van der Waals surface area contributed by atoms with Crippen molar-refractivity contribution in [2.45, 2.75) is 26.3 Å². The number of hydrogen-bond acceptors (Lipinski definition) is 7. The van der Waals surface area contributed by atoms with Crippen molar-refractivity contribution in [1.82, 2.24) is 19.1 Å². The van der Waals surface area contributed by atoms with E-state index in [0.29, 0.717) is 24.4 Å². The number of aromatic nitrogens is 4. The van der Waals surface area contributed by atoms with Gasteiger partial charge in [-0.15, -0.1) is 0 Å². The van der Waals surface area contributed by atoms with Gasteiger partial charge in [-0.25, -0.2) is 9.97 Å². The number of aryl methyl sites for hydroxylation is 2. The molecule has 0 bridgehead atoms. The van der Waals surface area contributed by atoms with E-state index in [-0.39, 0.29) is 5.91 Å². The van der Waals surface area contributed by atoms with Crippen molar-refractivity contribution in [3.05, 3.63) is 72.8 Å². The van der Waals surface area contributed by atoms with Gasteiger partial charge in [0.05, 0.1) is 55.7 Å². The van der Waals surface area contributed by atoms with Gasteiger partial charge >= 0.3 is 0 Å². The first-order chi connectivity index (χ1) is 17.3. The summed E-state index contributed by atoms with van der Waals surface area (Å²) in [6, 6.07) is 10.8. The molecular weight excluding hydrogens is 458 g/mol. The molecule has 1 saturated heterocycles. The molecule has 188 valence electrons. The first kappa shape index (κ1) is 24.8. The van der Waals surface area contributed by atoms with E-state index in [9.17, 15) is 4.79 Å². The normalized spacial score (nSPS) is 15.0. The van der Waals surface area contributed by atoms with Crippen molar-refractivity contribution in [1.29, 1.82) is 0 Å². The SMILES string of the molecule is COc1cc(N)ccc1-n1cnc(C)c1.COc1cc(N2CCC(N)C2=O)ccc1-n1cnc(C)c1. The van der Waals surface area contributed by atoms with E-state index in [1.807, 2.05) is 65.7 Å². The number of hydrogen-bond donors (Lipinski definition) is 2. The first-order valence-electron chi connectivity index (χ1n) is 11.5. The summed E-state index contributed by atoms with van der Waals surface area (Å²) in [6.45, 7) is 4.52. The molecule has 10 nitrogen and oxygen atoms in total. The minimum absolute atomic E-state index is 0.0386. The molecule has 0 aliphatic carbocycles. The Morgan fingerprint density at radius 2 is 1.44 bits per heavy atom. The van der Waals surface area contributed by atoms with Crippen molar-refractivity contribution >= 4 is 17.3 Å². The summed E-state index contributed by atoms with van der Waals surface area (Å²) in [5, 5.41) is 0. The standard InChI is InChI=1S/C15H18N4O2.C11H13N3O/c1-10-8-18(9-17-10)13-4-3-11(7-14(13)21-2)19-6-5-12(16)15(19)20;1-8-6-14(7-13-8)10-4-3-9(12)5-11(10)15-2/h3-4,7-9,12H,5-6,16H2,1-2H3;3-7H,12H2,1-2H3. The monoisotopic (exact) mass is 489 g/mol. The summed E-state index contributed by atoms with van der Waals surface area (Å²) < 4.78 is 14.5. The Bertz CT molecular complexity index is 1360. The lowest BCUT2D eigenvalue weighted by atomic mass is 10.2. The Kier molecular flexibility index (Phi) is 7.25. The number of carbonyl (C=O) groups is 1. The van der Waals surface area contributed by atoms with Crippen LogP contribution in [0.25, 0.3) is 11.4 Å². The molecule has 1 atom stereocenters. The molecule has 5 rings (SSSR count). The fourth-order valence-electron chi connectivity index (χ4n) is 4.02. The zero-order valence-corrected chi connectivity index (χ0v) is 20.9. The van der Waals surface area contributed by atoms with Crippen LogP contribution < -0.4 is 25.8 Å². The number of nitrogen functional groups attached to an aromatic ring is 1. The molecule has 10 heteroatoms. The highest BCUT2D eigenvalue weighted by atomic mass is 16.5. The van der Waals surface area contributed by atoms with Crippen molar-refractivity contribution in [2.75, 3.05) is 31.4 Å². The van der Waals surface area contributed by atoms with Crippen LogP contribution in [0.15, 0.2) is 61.4 Å². The van der Waals surface area contributed by atoms with Gasteiger partial charge in [-0.3, -0.25) is 4.79 Å². The minimum Gasteiger partial charge on any atom is -0.494 e.